The number of carbonyl (C=O) groups excluding carboxylic acids is 1. The van der Waals surface area contributed by atoms with E-state index in [1.165, 1.54) is 11.9 Å². The van der Waals surface area contributed by atoms with Crippen LogP contribution in [-0.2, 0) is 16.1 Å². The highest BCUT2D eigenvalue weighted by Crippen LogP contribution is 2.20. The molecule has 2 aromatic carbocycles. The Morgan fingerprint density at radius 1 is 1.12 bits per heavy atom. The highest BCUT2D eigenvalue weighted by molar-refractivity contribution is 5.92. The second-order valence-corrected chi connectivity index (χ2v) is 8.16. The topological polar surface area (TPSA) is 75.5 Å². The van der Waals surface area contributed by atoms with Gasteiger partial charge in [-0.1, -0.05) is 24.3 Å². The van der Waals surface area contributed by atoms with Crippen LogP contribution < -0.4 is 5.32 Å². The van der Waals surface area contributed by atoms with Gasteiger partial charge < -0.3 is 10.1 Å². The standard InChI is InChI=1S/C24H30N6O2/c1-19(21-5-9-23(10-6-21)30-18-25-17-26-30)28(2)16-24(31)27-22-7-3-20(4-8-22)15-29-11-13-32-14-12-29/h3-10,17-19H,11-16H2,1-2H3,(H,27,31). The van der Waals surface area contributed by atoms with Gasteiger partial charge in [0, 0.05) is 31.4 Å². The summed E-state index contributed by atoms with van der Waals surface area (Å²) in [6, 6.07) is 16.3. The van der Waals surface area contributed by atoms with Crippen LogP contribution in [0.2, 0.25) is 0 Å². The van der Waals surface area contributed by atoms with Crippen molar-refractivity contribution >= 4 is 11.6 Å². The number of likely N-dealkylation sites (N-methyl/N-ethyl adjacent to an activating group) is 1. The summed E-state index contributed by atoms with van der Waals surface area (Å²) in [5.41, 5.74) is 4.15. The number of hydrogen-bond acceptors (Lipinski definition) is 6. The van der Waals surface area contributed by atoms with Gasteiger partial charge in [0.05, 0.1) is 25.4 Å². The van der Waals surface area contributed by atoms with Crippen LogP contribution in [0, 0.1) is 0 Å². The summed E-state index contributed by atoms with van der Waals surface area (Å²) in [6.45, 7) is 6.84. The SMILES string of the molecule is CC(c1ccc(-n2cncn2)cc1)N(C)CC(=O)Nc1ccc(CN2CCOCC2)cc1. The fraction of sp³-hybridized carbons (Fsp3) is 0.375. The fourth-order valence-electron chi connectivity index (χ4n) is 3.78. The average molecular weight is 435 g/mol. The highest BCUT2D eigenvalue weighted by atomic mass is 16.5. The monoisotopic (exact) mass is 434 g/mol. The second kappa shape index (κ2) is 10.5. The third-order valence-corrected chi connectivity index (χ3v) is 5.86. The van der Waals surface area contributed by atoms with Gasteiger partial charge in [-0.3, -0.25) is 14.6 Å². The number of amides is 1. The molecule has 1 N–H and O–H groups in total. The van der Waals surface area contributed by atoms with Crippen LogP contribution in [0.15, 0.2) is 61.2 Å². The van der Waals surface area contributed by atoms with Gasteiger partial charge >= 0.3 is 0 Å². The molecular weight excluding hydrogens is 404 g/mol. The van der Waals surface area contributed by atoms with Crippen LogP contribution in [0.5, 0.6) is 0 Å². The minimum atomic E-state index is -0.0282. The minimum absolute atomic E-state index is 0.0282. The maximum absolute atomic E-state index is 12.6. The number of anilines is 1. The predicted molar refractivity (Wildman–Crippen MR) is 124 cm³/mol. The number of rotatable bonds is 8. The normalized spacial score (nSPS) is 15.6. The fourth-order valence-corrected chi connectivity index (χ4v) is 3.78. The first-order chi connectivity index (χ1) is 15.6. The molecule has 3 aromatic rings. The van der Waals surface area contributed by atoms with E-state index < -0.39 is 0 Å². The van der Waals surface area contributed by atoms with E-state index >= 15 is 0 Å². The Morgan fingerprint density at radius 2 is 1.84 bits per heavy atom. The Morgan fingerprint density at radius 3 is 2.50 bits per heavy atom. The summed E-state index contributed by atoms with van der Waals surface area (Å²) in [5, 5.41) is 7.15. The summed E-state index contributed by atoms with van der Waals surface area (Å²) in [7, 11) is 1.96. The van der Waals surface area contributed by atoms with E-state index in [1.54, 1.807) is 11.0 Å². The molecule has 8 nitrogen and oxygen atoms in total. The van der Waals surface area contributed by atoms with E-state index in [9.17, 15) is 4.79 Å². The van der Waals surface area contributed by atoms with Gasteiger partial charge in [-0.05, 0) is 49.4 Å². The van der Waals surface area contributed by atoms with Crippen LogP contribution in [0.1, 0.15) is 24.1 Å². The van der Waals surface area contributed by atoms with Crippen molar-refractivity contribution in [3.8, 4) is 5.69 Å². The van der Waals surface area contributed by atoms with E-state index in [2.05, 4.69) is 51.5 Å². The van der Waals surface area contributed by atoms with Crippen molar-refractivity contribution in [2.45, 2.75) is 19.5 Å². The van der Waals surface area contributed by atoms with Gasteiger partial charge in [-0.2, -0.15) is 5.10 Å². The molecule has 1 saturated heterocycles. The molecule has 168 valence electrons. The van der Waals surface area contributed by atoms with Crippen molar-refractivity contribution in [2.75, 3.05) is 45.2 Å². The molecule has 1 atom stereocenters. The van der Waals surface area contributed by atoms with Crippen molar-refractivity contribution in [2.24, 2.45) is 0 Å². The number of nitrogens with one attached hydrogen (secondary N) is 1. The van der Waals surface area contributed by atoms with Gasteiger partial charge in [0.2, 0.25) is 5.91 Å². The van der Waals surface area contributed by atoms with Crippen LogP contribution in [-0.4, -0.2) is 70.4 Å². The second-order valence-electron chi connectivity index (χ2n) is 8.16. The molecule has 0 aliphatic carbocycles. The molecule has 0 radical (unpaired) electrons. The first kappa shape index (κ1) is 22.1. The quantitative estimate of drug-likeness (QED) is 0.588. The number of nitrogens with zero attached hydrogens (tertiary/aromatic N) is 5. The van der Waals surface area contributed by atoms with Crippen molar-refractivity contribution in [3.63, 3.8) is 0 Å². The number of morpholine rings is 1. The molecule has 0 bridgehead atoms. The molecule has 1 fully saturated rings. The smallest absolute Gasteiger partial charge is 0.238 e. The largest absolute Gasteiger partial charge is 0.379 e. The molecule has 0 spiro atoms. The molecule has 8 heteroatoms. The molecule has 1 aliphatic rings. The summed E-state index contributed by atoms with van der Waals surface area (Å²) in [5.74, 6) is -0.0282. The van der Waals surface area contributed by atoms with Crippen LogP contribution in [0.25, 0.3) is 5.69 Å². The molecule has 1 unspecified atom stereocenters. The minimum Gasteiger partial charge on any atom is -0.379 e. The van der Waals surface area contributed by atoms with Gasteiger partial charge in [0.1, 0.15) is 12.7 Å². The van der Waals surface area contributed by atoms with Crippen molar-refractivity contribution in [1.82, 2.24) is 24.6 Å². The molecule has 2 heterocycles. The number of carbonyl (C=O) groups is 1. The number of aromatic nitrogens is 3. The lowest BCUT2D eigenvalue weighted by Crippen LogP contribution is -2.35. The van der Waals surface area contributed by atoms with Crippen molar-refractivity contribution in [3.05, 3.63) is 72.3 Å². The highest BCUT2D eigenvalue weighted by Gasteiger charge is 2.16. The Labute approximate surface area is 188 Å². The third-order valence-electron chi connectivity index (χ3n) is 5.86. The first-order valence-electron chi connectivity index (χ1n) is 10.9. The number of hydrogen-bond donors (Lipinski definition) is 1. The molecule has 1 aromatic heterocycles. The third kappa shape index (κ3) is 5.79. The van der Waals surface area contributed by atoms with Crippen LogP contribution >= 0.6 is 0 Å². The maximum Gasteiger partial charge on any atom is 0.238 e. The average Bonchev–Trinajstić information content (AvgIpc) is 3.36. The Balaban J connectivity index is 1.27. The molecule has 1 aliphatic heterocycles. The van der Waals surface area contributed by atoms with Crippen LogP contribution in [0.3, 0.4) is 0 Å². The summed E-state index contributed by atoms with van der Waals surface area (Å²) in [4.78, 5) is 21.0. The zero-order chi connectivity index (χ0) is 22.3. The zero-order valence-corrected chi connectivity index (χ0v) is 18.6. The van der Waals surface area contributed by atoms with Crippen LogP contribution in [0.4, 0.5) is 5.69 Å². The molecule has 4 rings (SSSR count). The zero-order valence-electron chi connectivity index (χ0n) is 18.6. The molecule has 32 heavy (non-hydrogen) atoms. The van der Waals surface area contributed by atoms with E-state index in [4.69, 9.17) is 4.74 Å². The van der Waals surface area contributed by atoms with E-state index in [0.717, 1.165) is 49.8 Å². The molecular formula is C24H30N6O2. The summed E-state index contributed by atoms with van der Waals surface area (Å²) in [6.07, 6.45) is 3.19. The molecule has 1 amide bonds. The summed E-state index contributed by atoms with van der Waals surface area (Å²) < 4.78 is 7.12. The number of ether oxygens (including phenoxy) is 1. The lowest BCUT2D eigenvalue weighted by atomic mass is 10.1. The molecule has 0 saturated carbocycles. The van der Waals surface area contributed by atoms with Gasteiger partial charge in [-0.15, -0.1) is 0 Å². The van der Waals surface area contributed by atoms with Gasteiger partial charge in [0.25, 0.3) is 0 Å². The Kier molecular flexibility index (Phi) is 7.26. The van der Waals surface area contributed by atoms with Crippen molar-refractivity contribution in [1.29, 1.82) is 0 Å². The Hall–Kier alpha value is -3.07. The lowest BCUT2D eigenvalue weighted by molar-refractivity contribution is -0.117. The predicted octanol–water partition coefficient (Wildman–Crippen LogP) is 2.73. The van der Waals surface area contributed by atoms with Gasteiger partial charge in [-0.25, -0.2) is 9.67 Å². The first-order valence-corrected chi connectivity index (χ1v) is 10.9. The summed E-state index contributed by atoms with van der Waals surface area (Å²) >= 11 is 0. The number of benzene rings is 2. The van der Waals surface area contributed by atoms with E-state index in [1.807, 2.05) is 36.2 Å². The van der Waals surface area contributed by atoms with E-state index in [0.29, 0.717) is 6.54 Å². The lowest BCUT2D eigenvalue weighted by Gasteiger charge is -2.26. The van der Waals surface area contributed by atoms with E-state index in [-0.39, 0.29) is 11.9 Å². The van der Waals surface area contributed by atoms with Gasteiger partial charge in [0.15, 0.2) is 0 Å². The van der Waals surface area contributed by atoms with Crippen molar-refractivity contribution < 1.29 is 9.53 Å². The Bertz CT molecular complexity index is 982. The maximum atomic E-state index is 12.6.